The number of rotatable bonds is 5. The fraction of sp³-hybridized carbons (Fsp3) is 0.273. The zero-order valence-corrected chi connectivity index (χ0v) is 15.7. The summed E-state index contributed by atoms with van der Waals surface area (Å²) in [5.41, 5.74) is 5.57. The number of aryl methyl sites for hydroxylation is 1. The standard InChI is InChI=1S/C22H24N2O2/c1-15-7-5-6-8-18(15)19-11-12-23-21-13-17(9-10-20(19)21)16(2)26-14-22(25)24(3)4/h5-13,16H,14H2,1-4H3. The lowest BCUT2D eigenvalue weighted by Gasteiger charge is -2.16. The number of nitrogens with zero attached hydrogens (tertiary/aromatic N) is 2. The van der Waals surface area contributed by atoms with Crippen LogP contribution in [0.5, 0.6) is 0 Å². The topological polar surface area (TPSA) is 42.4 Å². The van der Waals surface area contributed by atoms with Gasteiger partial charge >= 0.3 is 0 Å². The summed E-state index contributed by atoms with van der Waals surface area (Å²) < 4.78 is 5.72. The molecule has 4 nitrogen and oxygen atoms in total. The predicted molar refractivity (Wildman–Crippen MR) is 105 cm³/mol. The number of hydrogen-bond donors (Lipinski definition) is 0. The molecule has 4 heteroatoms. The summed E-state index contributed by atoms with van der Waals surface area (Å²) in [5, 5.41) is 1.11. The van der Waals surface area contributed by atoms with Crippen LogP contribution in [0, 0.1) is 6.92 Å². The fourth-order valence-corrected chi connectivity index (χ4v) is 2.95. The van der Waals surface area contributed by atoms with Crippen LogP contribution in [-0.2, 0) is 9.53 Å². The van der Waals surface area contributed by atoms with E-state index in [1.165, 1.54) is 21.6 Å². The monoisotopic (exact) mass is 348 g/mol. The van der Waals surface area contributed by atoms with Crippen molar-refractivity contribution in [2.24, 2.45) is 0 Å². The number of likely N-dealkylation sites (N-methyl/N-ethyl adjacent to an activating group) is 1. The number of carbonyl (C=O) groups is 1. The molecule has 2 aromatic carbocycles. The second-order valence-electron chi connectivity index (χ2n) is 6.69. The van der Waals surface area contributed by atoms with Gasteiger partial charge in [0.2, 0.25) is 5.91 Å². The van der Waals surface area contributed by atoms with E-state index in [9.17, 15) is 4.79 Å². The van der Waals surface area contributed by atoms with Gasteiger partial charge in [0.1, 0.15) is 6.61 Å². The van der Waals surface area contributed by atoms with Crippen LogP contribution in [0.2, 0.25) is 0 Å². The molecule has 1 amide bonds. The van der Waals surface area contributed by atoms with Gasteiger partial charge < -0.3 is 9.64 Å². The van der Waals surface area contributed by atoms with Crippen LogP contribution in [-0.4, -0.2) is 36.5 Å². The molecule has 3 aromatic rings. The van der Waals surface area contributed by atoms with Crippen LogP contribution >= 0.6 is 0 Å². The normalized spacial score (nSPS) is 12.2. The number of ether oxygens (including phenoxy) is 1. The van der Waals surface area contributed by atoms with Gasteiger partial charge in [-0.05, 0) is 48.2 Å². The predicted octanol–water partition coefficient (Wildman–Crippen LogP) is 4.38. The van der Waals surface area contributed by atoms with Crippen LogP contribution in [0.3, 0.4) is 0 Å². The van der Waals surface area contributed by atoms with E-state index < -0.39 is 0 Å². The third-order valence-electron chi connectivity index (χ3n) is 4.63. The first-order valence-corrected chi connectivity index (χ1v) is 8.74. The highest BCUT2D eigenvalue weighted by atomic mass is 16.5. The number of fused-ring (bicyclic) bond motifs is 1. The van der Waals surface area contributed by atoms with Crippen molar-refractivity contribution in [3.05, 3.63) is 65.9 Å². The molecule has 0 bridgehead atoms. The highest BCUT2D eigenvalue weighted by Crippen LogP contribution is 2.31. The maximum Gasteiger partial charge on any atom is 0.248 e. The minimum Gasteiger partial charge on any atom is -0.364 e. The molecule has 0 spiro atoms. The Morgan fingerprint density at radius 3 is 2.62 bits per heavy atom. The summed E-state index contributed by atoms with van der Waals surface area (Å²) in [6.45, 7) is 4.14. The molecule has 3 rings (SSSR count). The minimum atomic E-state index is -0.174. The zero-order chi connectivity index (χ0) is 18.7. The van der Waals surface area contributed by atoms with Crippen molar-refractivity contribution in [3.8, 4) is 11.1 Å². The molecule has 1 unspecified atom stereocenters. The van der Waals surface area contributed by atoms with E-state index in [1.54, 1.807) is 14.1 Å². The Morgan fingerprint density at radius 1 is 1.12 bits per heavy atom. The second kappa shape index (κ2) is 7.67. The first-order valence-electron chi connectivity index (χ1n) is 8.74. The number of amides is 1. The summed E-state index contributed by atoms with van der Waals surface area (Å²) in [5.74, 6) is -0.0439. The van der Waals surface area contributed by atoms with Gasteiger partial charge in [-0.1, -0.05) is 36.4 Å². The number of pyridine rings is 1. The van der Waals surface area contributed by atoms with Crippen LogP contribution < -0.4 is 0 Å². The summed E-state index contributed by atoms with van der Waals surface area (Å²) in [6, 6.07) is 16.6. The Morgan fingerprint density at radius 2 is 1.88 bits per heavy atom. The van der Waals surface area contributed by atoms with Crippen LogP contribution in [0.1, 0.15) is 24.2 Å². The SMILES string of the molecule is Cc1ccccc1-c1ccnc2cc(C(C)OCC(=O)N(C)C)ccc12. The lowest BCUT2D eigenvalue weighted by Crippen LogP contribution is -2.26. The number of aromatic nitrogens is 1. The highest BCUT2D eigenvalue weighted by molar-refractivity contribution is 5.95. The minimum absolute atomic E-state index is 0.0439. The van der Waals surface area contributed by atoms with E-state index in [0.717, 1.165) is 16.5 Å². The Bertz CT molecular complexity index is 934. The summed E-state index contributed by atoms with van der Waals surface area (Å²) in [7, 11) is 3.45. The van der Waals surface area contributed by atoms with Gasteiger partial charge in [0.25, 0.3) is 0 Å². The molecule has 1 aromatic heterocycles. The summed E-state index contributed by atoms with van der Waals surface area (Å²) in [6.07, 6.45) is 1.67. The van der Waals surface area contributed by atoms with Gasteiger partial charge in [0.05, 0.1) is 11.6 Å². The third kappa shape index (κ3) is 3.75. The van der Waals surface area contributed by atoms with Crippen molar-refractivity contribution < 1.29 is 9.53 Å². The molecular weight excluding hydrogens is 324 g/mol. The molecule has 0 radical (unpaired) electrons. The summed E-state index contributed by atoms with van der Waals surface area (Å²) in [4.78, 5) is 17.8. The van der Waals surface area contributed by atoms with Crippen LogP contribution in [0.15, 0.2) is 54.7 Å². The average molecular weight is 348 g/mol. The second-order valence-corrected chi connectivity index (χ2v) is 6.69. The van der Waals surface area contributed by atoms with E-state index >= 15 is 0 Å². The van der Waals surface area contributed by atoms with Gasteiger partial charge in [-0.3, -0.25) is 9.78 Å². The van der Waals surface area contributed by atoms with E-state index in [1.807, 2.05) is 25.3 Å². The highest BCUT2D eigenvalue weighted by Gasteiger charge is 2.13. The molecule has 26 heavy (non-hydrogen) atoms. The van der Waals surface area contributed by atoms with Gasteiger partial charge in [-0.25, -0.2) is 0 Å². The van der Waals surface area contributed by atoms with Crippen molar-refractivity contribution >= 4 is 16.8 Å². The van der Waals surface area contributed by atoms with Crippen molar-refractivity contribution in [3.63, 3.8) is 0 Å². The first kappa shape index (κ1) is 18.1. The van der Waals surface area contributed by atoms with Gasteiger partial charge in [0, 0.05) is 25.7 Å². The van der Waals surface area contributed by atoms with E-state index in [4.69, 9.17) is 4.74 Å². The summed E-state index contributed by atoms with van der Waals surface area (Å²) >= 11 is 0. The number of benzene rings is 2. The smallest absolute Gasteiger partial charge is 0.248 e. The number of hydrogen-bond acceptors (Lipinski definition) is 3. The molecular formula is C22H24N2O2. The largest absolute Gasteiger partial charge is 0.364 e. The van der Waals surface area contributed by atoms with E-state index in [2.05, 4.69) is 48.3 Å². The maximum absolute atomic E-state index is 11.7. The molecule has 0 aliphatic carbocycles. The molecule has 1 heterocycles. The molecule has 0 N–H and O–H groups in total. The van der Waals surface area contributed by atoms with Crippen molar-refractivity contribution in [1.82, 2.24) is 9.88 Å². The maximum atomic E-state index is 11.7. The Hall–Kier alpha value is -2.72. The molecule has 0 saturated heterocycles. The Labute approximate surface area is 154 Å². The Balaban J connectivity index is 1.91. The molecule has 0 aliphatic heterocycles. The van der Waals surface area contributed by atoms with Crippen LogP contribution in [0.4, 0.5) is 0 Å². The number of carbonyl (C=O) groups excluding carboxylic acids is 1. The molecule has 134 valence electrons. The average Bonchev–Trinajstić information content (AvgIpc) is 2.65. The molecule has 0 aliphatic rings. The quantitative estimate of drug-likeness (QED) is 0.687. The van der Waals surface area contributed by atoms with Gasteiger partial charge in [0.15, 0.2) is 0 Å². The van der Waals surface area contributed by atoms with Crippen molar-refractivity contribution in [2.45, 2.75) is 20.0 Å². The van der Waals surface area contributed by atoms with E-state index in [0.29, 0.717) is 0 Å². The van der Waals surface area contributed by atoms with E-state index in [-0.39, 0.29) is 18.6 Å². The zero-order valence-electron chi connectivity index (χ0n) is 15.7. The van der Waals surface area contributed by atoms with Gasteiger partial charge in [-0.2, -0.15) is 0 Å². The molecule has 0 saturated carbocycles. The molecule has 0 fully saturated rings. The third-order valence-corrected chi connectivity index (χ3v) is 4.63. The fourth-order valence-electron chi connectivity index (χ4n) is 2.95. The lowest BCUT2D eigenvalue weighted by molar-refractivity contribution is -0.135. The molecule has 1 atom stereocenters. The van der Waals surface area contributed by atoms with Gasteiger partial charge in [-0.15, -0.1) is 0 Å². The van der Waals surface area contributed by atoms with Crippen LogP contribution in [0.25, 0.3) is 22.0 Å². The van der Waals surface area contributed by atoms with Crippen molar-refractivity contribution in [2.75, 3.05) is 20.7 Å². The first-order chi connectivity index (χ1) is 12.5. The Kier molecular flexibility index (Phi) is 5.33. The van der Waals surface area contributed by atoms with Crippen molar-refractivity contribution in [1.29, 1.82) is 0 Å². The lowest BCUT2D eigenvalue weighted by atomic mass is 9.96.